The molecule has 6 atom stereocenters. The van der Waals surface area contributed by atoms with Crippen LogP contribution >= 0.6 is 0 Å². The molecule has 0 bridgehead atoms. The van der Waals surface area contributed by atoms with Gasteiger partial charge in [-0.05, 0) is 73.7 Å². The van der Waals surface area contributed by atoms with Gasteiger partial charge in [0.2, 0.25) is 0 Å². The van der Waals surface area contributed by atoms with Crippen LogP contribution in [0.15, 0.2) is 11.1 Å². The lowest BCUT2D eigenvalue weighted by Crippen LogP contribution is -2.54. The van der Waals surface area contributed by atoms with Gasteiger partial charge in [0.25, 0.3) is 0 Å². The smallest absolute Gasteiger partial charge is 0.171 e. The second kappa shape index (κ2) is 10.1. The number of unbranched alkanes of at least 4 members (excludes halogenated alkanes) is 7. The van der Waals surface area contributed by atoms with Gasteiger partial charge in [0.15, 0.2) is 5.79 Å². The molecule has 1 aliphatic heterocycles. The molecule has 3 saturated carbocycles. The predicted octanol–water partition coefficient (Wildman–Crippen LogP) is 6.68. The van der Waals surface area contributed by atoms with Gasteiger partial charge in [-0.1, -0.05) is 70.8 Å². The van der Waals surface area contributed by atoms with Crippen LogP contribution in [-0.4, -0.2) is 40.9 Å². The average Bonchev–Trinajstić information content (AvgIpc) is 3.38. The van der Waals surface area contributed by atoms with Gasteiger partial charge in [-0.3, -0.25) is 0 Å². The molecule has 4 heteroatoms. The van der Waals surface area contributed by atoms with Gasteiger partial charge in [-0.15, -0.1) is 0 Å². The number of aliphatic hydroxyl groups excluding tert-OH is 1. The van der Waals surface area contributed by atoms with Gasteiger partial charge >= 0.3 is 0 Å². The Bertz CT molecular complexity index is 740. The van der Waals surface area contributed by atoms with Gasteiger partial charge in [-0.2, -0.15) is 0 Å². The molecular weight excluding hydrogens is 424 g/mol. The minimum absolute atomic E-state index is 0.0581. The number of hydrogen-bond donors (Lipinski definition) is 2. The van der Waals surface area contributed by atoms with E-state index >= 15 is 0 Å². The van der Waals surface area contributed by atoms with E-state index in [0.29, 0.717) is 37.4 Å². The highest BCUT2D eigenvalue weighted by Crippen LogP contribution is 2.64. The third-order valence-electron chi connectivity index (χ3n) is 10.7. The first-order valence-electron chi connectivity index (χ1n) is 14.8. The van der Waals surface area contributed by atoms with E-state index in [1.54, 1.807) is 5.57 Å². The second-order valence-electron chi connectivity index (χ2n) is 12.8. The van der Waals surface area contributed by atoms with Crippen LogP contribution in [0, 0.1) is 23.2 Å². The third-order valence-corrected chi connectivity index (χ3v) is 10.7. The summed E-state index contributed by atoms with van der Waals surface area (Å²) in [5.41, 5.74) is 2.29. The minimum atomic E-state index is -0.753. The molecule has 4 fully saturated rings. The summed E-state index contributed by atoms with van der Waals surface area (Å²) < 4.78 is 12.1. The molecular formula is C30H50O4. The van der Waals surface area contributed by atoms with Gasteiger partial charge < -0.3 is 19.7 Å². The topological polar surface area (TPSA) is 58.9 Å². The first-order chi connectivity index (χ1) is 16.4. The van der Waals surface area contributed by atoms with E-state index in [-0.39, 0.29) is 11.5 Å². The molecule has 5 aliphatic rings. The summed E-state index contributed by atoms with van der Waals surface area (Å²) in [5.74, 6) is 1.12. The summed E-state index contributed by atoms with van der Waals surface area (Å²) >= 11 is 0. The van der Waals surface area contributed by atoms with Gasteiger partial charge in [0.05, 0.1) is 24.9 Å². The zero-order valence-corrected chi connectivity index (χ0v) is 22.0. The lowest BCUT2D eigenvalue weighted by molar-refractivity contribution is -0.208. The maximum atomic E-state index is 12.0. The van der Waals surface area contributed by atoms with Crippen molar-refractivity contribution >= 4 is 0 Å². The van der Waals surface area contributed by atoms with Crippen LogP contribution < -0.4 is 0 Å². The van der Waals surface area contributed by atoms with Crippen molar-refractivity contribution in [1.29, 1.82) is 0 Å². The van der Waals surface area contributed by atoms with Gasteiger partial charge in [-0.25, -0.2) is 0 Å². The number of fused-ring (bicyclic) bond motifs is 4. The van der Waals surface area contributed by atoms with Crippen molar-refractivity contribution in [3.8, 4) is 0 Å². The zero-order valence-electron chi connectivity index (χ0n) is 22.0. The Labute approximate surface area is 207 Å². The fourth-order valence-corrected chi connectivity index (χ4v) is 8.94. The van der Waals surface area contributed by atoms with Crippen molar-refractivity contribution < 1.29 is 19.7 Å². The zero-order chi connectivity index (χ0) is 23.8. The van der Waals surface area contributed by atoms with Crippen molar-refractivity contribution in [2.45, 2.75) is 140 Å². The number of rotatable bonds is 9. The molecule has 0 aromatic carbocycles. The minimum Gasteiger partial charge on any atom is -0.393 e. The van der Waals surface area contributed by atoms with E-state index in [9.17, 15) is 10.2 Å². The number of ether oxygens (including phenoxy) is 2. The SMILES string of the molecule is CCCCCCCCCC[C@H]1C[C@]2(C)[C@@H](O)CC[C@H]2[C@@H]2CC[C@@]3(O)CC4(CCC3=C12)OCCO4. The van der Waals surface area contributed by atoms with Crippen LogP contribution in [0.25, 0.3) is 0 Å². The number of aliphatic hydroxyl groups is 2. The Morgan fingerprint density at radius 2 is 1.62 bits per heavy atom. The Balaban J connectivity index is 1.33. The second-order valence-corrected chi connectivity index (χ2v) is 12.8. The lowest BCUT2D eigenvalue weighted by atomic mass is 9.51. The number of allylic oxidation sites excluding steroid dienone is 1. The van der Waals surface area contributed by atoms with Crippen LogP contribution in [0.2, 0.25) is 0 Å². The standard InChI is InChI=1S/C30H50O4/c1-3-4-5-6-7-8-9-10-11-22-20-28(2)24(12-13-26(28)31)23-14-16-29(32)21-30(33-18-19-34-30)17-15-25(29)27(22)23/h22-24,26,31-32H,3-21H2,1-2H3/t22-,23-,24-,26-,28-,29+/m0/s1. The molecule has 194 valence electrons. The summed E-state index contributed by atoms with van der Waals surface area (Å²) in [5, 5.41) is 23.0. The molecule has 0 unspecified atom stereocenters. The molecule has 4 nitrogen and oxygen atoms in total. The van der Waals surface area contributed by atoms with Crippen LogP contribution in [-0.2, 0) is 9.47 Å². The molecule has 1 heterocycles. The van der Waals surface area contributed by atoms with E-state index in [4.69, 9.17) is 9.47 Å². The molecule has 1 spiro atoms. The molecule has 34 heavy (non-hydrogen) atoms. The van der Waals surface area contributed by atoms with E-state index < -0.39 is 11.4 Å². The van der Waals surface area contributed by atoms with E-state index in [1.807, 2.05) is 0 Å². The Morgan fingerprint density at radius 1 is 0.912 bits per heavy atom. The van der Waals surface area contributed by atoms with Crippen LogP contribution in [0.4, 0.5) is 0 Å². The molecule has 5 rings (SSSR count). The highest BCUT2D eigenvalue weighted by molar-refractivity contribution is 5.37. The maximum Gasteiger partial charge on any atom is 0.171 e. The third kappa shape index (κ3) is 4.55. The molecule has 0 radical (unpaired) electrons. The average molecular weight is 475 g/mol. The highest BCUT2D eigenvalue weighted by atomic mass is 16.7. The summed E-state index contributed by atoms with van der Waals surface area (Å²) in [4.78, 5) is 0. The summed E-state index contributed by atoms with van der Waals surface area (Å²) in [6.07, 6.45) is 19.4. The first-order valence-corrected chi connectivity index (χ1v) is 14.8. The summed E-state index contributed by atoms with van der Waals surface area (Å²) in [7, 11) is 0. The molecule has 0 aromatic heterocycles. The quantitative estimate of drug-likeness (QED) is 0.289. The van der Waals surface area contributed by atoms with Crippen molar-refractivity contribution in [2.75, 3.05) is 13.2 Å². The molecule has 0 aromatic rings. The van der Waals surface area contributed by atoms with E-state index in [0.717, 1.165) is 44.9 Å². The van der Waals surface area contributed by atoms with Crippen LogP contribution in [0.5, 0.6) is 0 Å². The molecule has 1 saturated heterocycles. The fourth-order valence-electron chi connectivity index (χ4n) is 8.94. The van der Waals surface area contributed by atoms with E-state index in [1.165, 1.54) is 63.4 Å². The molecule has 0 amide bonds. The predicted molar refractivity (Wildman–Crippen MR) is 135 cm³/mol. The van der Waals surface area contributed by atoms with Crippen molar-refractivity contribution in [1.82, 2.24) is 0 Å². The van der Waals surface area contributed by atoms with Crippen molar-refractivity contribution in [3.05, 3.63) is 11.1 Å². The van der Waals surface area contributed by atoms with E-state index in [2.05, 4.69) is 13.8 Å². The van der Waals surface area contributed by atoms with Gasteiger partial charge in [0, 0.05) is 12.8 Å². The Kier molecular flexibility index (Phi) is 7.53. The molecule has 2 N–H and O–H groups in total. The Morgan fingerprint density at radius 3 is 2.35 bits per heavy atom. The normalized spacial score (nSPS) is 40.9. The monoisotopic (exact) mass is 474 g/mol. The lowest BCUT2D eigenvalue weighted by Gasteiger charge is -2.56. The molecule has 4 aliphatic carbocycles. The Hall–Kier alpha value is -0.420. The first kappa shape index (κ1) is 25.2. The fraction of sp³-hybridized carbons (Fsp3) is 0.933. The summed E-state index contributed by atoms with van der Waals surface area (Å²) in [6, 6.07) is 0. The van der Waals surface area contributed by atoms with Crippen molar-refractivity contribution in [2.24, 2.45) is 23.2 Å². The highest BCUT2D eigenvalue weighted by Gasteiger charge is 2.60. The number of hydrogen-bond acceptors (Lipinski definition) is 4. The van der Waals surface area contributed by atoms with Crippen molar-refractivity contribution in [3.63, 3.8) is 0 Å². The largest absolute Gasteiger partial charge is 0.393 e. The van der Waals surface area contributed by atoms with Crippen LogP contribution in [0.3, 0.4) is 0 Å². The van der Waals surface area contributed by atoms with Crippen LogP contribution in [0.1, 0.15) is 123 Å². The maximum absolute atomic E-state index is 12.0. The summed E-state index contributed by atoms with van der Waals surface area (Å²) in [6.45, 7) is 5.98. The van der Waals surface area contributed by atoms with Gasteiger partial charge in [0.1, 0.15) is 0 Å².